The summed E-state index contributed by atoms with van der Waals surface area (Å²) in [7, 11) is 1.63. The first kappa shape index (κ1) is 20.8. The molecule has 1 aliphatic heterocycles. The van der Waals surface area contributed by atoms with E-state index in [9.17, 15) is 4.79 Å². The molecule has 0 atom stereocenters. The monoisotopic (exact) mass is 494 g/mol. The van der Waals surface area contributed by atoms with Crippen LogP contribution in [-0.2, 0) is 24.2 Å². The van der Waals surface area contributed by atoms with Gasteiger partial charge in [-0.05, 0) is 52.7 Å². The Balaban J connectivity index is 1.18. The number of H-pyrrole nitrogens is 1. The number of methoxy groups -OCH3 is 1. The Labute approximate surface area is 193 Å². The van der Waals surface area contributed by atoms with E-state index in [4.69, 9.17) is 9.26 Å². The molecule has 1 N–H and O–H groups in total. The van der Waals surface area contributed by atoms with Crippen molar-refractivity contribution in [1.29, 1.82) is 0 Å². The van der Waals surface area contributed by atoms with E-state index in [2.05, 4.69) is 37.1 Å². The maximum absolute atomic E-state index is 12.8. The highest BCUT2D eigenvalue weighted by atomic mass is 79.9. The van der Waals surface area contributed by atoms with Gasteiger partial charge in [0, 0.05) is 59.0 Å². The van der Waals surface area contributed by atoms with Gasteiger partial charge in [0.05, 0.1) is 12.6 Å². The van der Waals surface area contributed by atoms with Crippen LogP contribution in [0.25, 0.3) is 22.3 Å². The van der Waals surface area contributed by atoms with Gasteiger partial charge in [-0.1, -0.05) is 17.3 Å². The first-order chi connectivity index (χ1) is 15.6. The van der Waals surface area contributed by atoms with Crippen LogP contribution in [0, 0.1) is 0 Å². The number of aromatic nitrogens is 3. The number of halogens is 1. The highest BCUT2D eigenvalue weighted by Crippen LogP contribution is 2.32. The molecule has 2 aromatic carbocycles. The summed E-state index contributed by atoms with van der Waals surface area (Å²) in [6, 6.07) is 13.7. The topological polar surface area (TPSA) is 84.3 Å². The van der Waals surface area contributed by atoms with Crippen molar-refractivity contribution in [2.75, 3.05) is 13.7 Å². The third-order valence-corrected chi connectivity index (χ3v) is 6.57. The quantitative estimate of drug-likeness (QED) is 0.412. The number of fused-ring (bicyclic) bond motifs is 3. The Morgan fingerprint density at radius 3 is 2.91 bits per heavy atom. The molecule has 0 bridgehead atoms. The van der Waals surface area contributed by atoms with Crippen molar-refractivity contribution in [2.45, 2.75) is 32.2 Å². The summed E-state index contributed by atoms with van der Waals surface area (Å²) in [6.07, 6.45) is 2.55. The van der Waals surface area contributed by atoms with Gasteiger partial charge in [-0.3, -0.25) is 4.79 Å². The van der Waals surface area contributed by atoms with Gasteiger partial charge in [0.2, 0.25) is 17.6 Å². The van der Waals surface area contributed by atoms with Crippen LogP contribution in [0.2, 0.25) is 0 Å². The lowest BCUT2D eigenvalue weighted by Crippen LogP contribution is -2.35. The molecule has 0 saturated heterocycles. The largest absolute Gasteiger partial charge is 0.497 e. The molecule has 8 heteroatoms. The zero-order chi connectivity index (χ0) is 22.1. The van der Waals surface area contributed by atoms with Gasteiger partial charge in [-0.25, -0.2) is 0 Å². The summed E-state index contributed by atoms with van der Waals surface area (Å²) in [5.41, 5.74) is 4.43. The minimum atomic E-state index is 0.162. The molecular formula is C24H23BrN4O3. The van der Waals surface area contributed by atoms with E-state index in [1.165, 1.54) is 16.6 Å². The Kier molecular flexibility index (Phi) is 5.70. The molecule has 4 aromatic rings. The Bertz CT molecular complexity index is 1260. The summed E-state index contributed by atoms with van der Waals surface area (Å²) in [5.74, 6) is 2.03. The van der Waals surface area contributed by atoms with E-state index in [-0.39, 0.29) is 5.91 Å². The summed E-state index contributed by atoms with van der Waals surface area (Å²) >= 11 is 3.61. The predicted molar refractivity (Wildman–Crippen MR) is 124 cm³/mol. The van der Waals surface area contributed by atoms with Crippen molar-refractivity contribution in [1.82, 2.24) is 20.0 Å². The molecule has 164 valence electrons. The zero-order valence-electron chi connectivity index (χ0n) is 17.7. The number of nitrogens with one attached hydrogen (secondary N) is 1. The third-order valence-electron chi connectivity index (χ3n) is 5.91. The smallest absolute Gasteiger partial charge is 0.226 e. The summed E-state index contributed by atoms with van der Waals surface area (Å²) in [6.45, 7) is 1.38. The maximum Gasteiger partial charge on any atom is 0.226 e. The number of ether oxygens (including phenoxy) is 1. The number of rotatable bonds is 6. The zero-order valence-corrected chi connectivity index (χ0v) is 19.3. The van der Waals surface area contributed by atoms with Gasteiger partial charge >= 0.3 is 0 Å². The highest BCUT2D eigenvalue weighted by Gasteiger charge is 2.24. The van der Waals surface area contributed by atoms with Crippen molar-refractivity contribution < 1.29 is 14.1 Å². The van der Waals surface area contributed by atoms with Gasteiger partial charge in [0.15, 0.2) is 0 Å². The molecular weight excluding hydrogens is 472 g/mol. The number of hydrogen-bond donors (Lipinski definition) is 1. The molecule has 3 heterocycles. The van der Waals surface area contributed by atoms with Crippen LogP contribution in [0.5, 0.6) is 5.75 Å². The fourth-order valence-electron chi connectivity index (χ4n) is 4.18. The van der Waals surface area contributed by atoms with Crippen molar-refractivity contribution in [3.8, 4) is 17.1 Å². The van der Waals surface area contributed by atoms with Gasteiger partial charge in [-0.2, -0.15) is 4.98 Å². The van der Waals surface area contributed by atoms with Gasteiger partial charge < -0.3 is 19.1 Å². The number of aromatic amines is 1. The van der Waals surface area contributed by atoms with Gasteiger partial charge in [0.25, 0.3) is 0 Å². The summed E-state index contributed by atoms with van der Waals surface area (Å²) in [4.78, 5) is 22.8. The first-order valence-corrected chi connectivity index (χ1v) is 11.4. The Hall–Kier alpha value is -3.13. The fraction of sp³-hybridized carbons (Fsp3) is 0.292. The standard InChI is InChI=1S/C24H23BrN4O3/c1-31-16-10-8-15(9-11-16)24-27-21(32-28-24)6-3-7-22(30)29-13-12-20-18(14-29)17-4-2-5-19(25)23(17)26-20/h2,4-5,8-11,26H,3,6-7,12-14H2,1H3. The number of carbonyl (C=O) groups excluding carboxylic acids is 1. The second-order valence-corrected chi connectivity index (χ2v) is 8.76. The Morgan fingerprint density at radius 1 is 1.25 bits per heavy atom. The summed E-state index contributed by atoms with van der Waals surface area (Å²) in [5, 5.41) is 5.24. The van der Waals surface area contributed by atoms with Crippen LogP contribution in [0.1, 0.15) is 30.0 Å². The second kappa shape index (κ2) is 8.78. The molecule has 1 amide bonds. The lowest BCUT2D eigenvalue weighted by Gasteiger charge is -2.27. The summed E-state index contributed by atoms with van der Waals surface area (Å²) < 4.78 is 11.6. The number of amides is 1. The van der Waals surface area contributed by atoms with Crippen molar-refractivity contribution in [3.63, 3.8) is 0 Å². The molecule has 2 aromatic heterocycles. The number of aryl methyl sites for hydroxylation is 1. The molecule has 32 heavy (non-hydrogen) atoms. The first-order valence-electron chi connectivity index (χ1n) is 10.6. The van der Waals surface area contributed by atoms with Crippen LogP contribution in [0.4, 0.5) is 0 Å². The van der Waals surface area contributed by atoms with Crippen LogP contribution in [-0.4, -0.2) is 39.6 Å². The molecule has 1 aliphatic rings. The minimum absolute atomic E-state index is 0.162. The number of nitrogens with zero attached hydrogens (tertiary/aromatic N) is 3. The predicted octanol–water partition coefficient (Wildman–Crippen LogP) is 4.90. The lowest BCUT2D eigenvalue weighted by molar-refractivity contribution is -0.132. The van der Waals surface area contributed by atoms with E-state index in [1.54, 1.807) is 7.11 Å². The molecule has 0 spiro atoms. The van der Waals surface area contributed by atoms with Gasteiger partial charge in [-0.15, -0.1) is 0 Å². The SMILES string of the molecule is COc1ccc(-c2noc(CCCC(=O)N3CCc4[nH]c5c(Br)cccc5c4C3)n2)cc1. The minimum Gasteiger partial charge on any atom is -0.497 e. The average Bonchev–Trinajstić information content (AvgIpc) is 3.44. The van der Waals surface area contributed by atoms with E-state index in [0.29, 0.717) is 37.5 Å². The van der Waals surface area contributed by atoms with Gasteiger partial charge in [0.1, 0.15) is 5.75 Å². The van der Waals surface area contributed by atoms with E-state index < -0.39 is 0 Å². The Morgan fingerprint density at radius 2 is 2.09 bits per heavy atom. The van der Waals surface area contributed by atoms with E-state index >= 15 is 0 Å². The molecule has 5 rings (SSSR count). The van der Waals surface area contributed by atoms with Crippen LogP contribution in [0.3, 0.4) is 0 Å². The van der Waals surface area contributed by atoms with E-state index in [0.717, 1.165) is 34.3 Å². The number of carbonyl (C=O) groups is 1. The molecule has 0 aliphatic carbocycles. The second-order valence-electron chi connectivity index (χ2n) is 7.90. The fourth-order valence-corrected chi connectivity index (χ4v) is 4.64. The van der Waals surface area contributed by atoms with Crippen LogP contribution < -0.4 is 4.74 Å². The number of para-hydroxylation sites is 1. The number of hydrogen-bond acceptors (Lipinski definition) is 5. The van der Waals surface area contributed by atoms with Crippen LogP contribution in [0.15, 0.2) is 51.5 Å². The molecule has 0 unspecified atom stereocenters. The molecule has 7 nitrogen and oxygen atoms in total. The average molecular weight is 495 g/mol. The van der Waals surface area contributed by atoms with E-state index in [1.807, 2.05) is 41.3 Å². The highest BCUT2D eigenvalue weighted by molar-refractivity contribution is 9.10. The molecule has 0 saturated carbocycles. The third kappa shape index (κ3) is 4.02. The normalized spacial score (nSPS) is 13.4. The number of benzene rings is 2. The maximum atomic E-state index is 12.8. The molecule has 0 fully saturated rings. The van der Waals surface area contributed by atoms with Crippen molar-refractivity contribution >= 4 is 32.7 Å². The van der Waals surface area contributed by atoms with Crippen molar-refractivity contribution in [2.24, 2.45) is 0 Å². The van der Waals surface area contributed by atoms with Crippen molar-refractivity contribution in [3.05, 3.63) is 64.1 Å². The lowest BCUT2D eigenvalue weighted by atomic mass is 10.0. The molecule has 0 radical (unpaired) electrons. The van der Waals surface area contributed by atoms with Crippen LogP contribution >= 0.6 is 15.9 Å².